The van der Waals surface area contributed by atoms with E-state index in [1.807, 2.05) is 55.5 Å². The number of imide groups is 1. The van der Waals surface area contributed by atoms with Crippen LogP contribution in [0.2, 0.25) is 0 Å². The van der Waals surface area contributed by atoms with Gasteiger partial charge < -0.3 is 10.1 Å². The number of carbonyl (C=O) groups is 3. The van der Waals surface area contributed by atoms with Crippen LogP contribution in [0, 0.1) is 6.92 Å². The molecule has 0 atom stereocenters. The summed E-state index contributed by atoms with van der Waals surface area (Å²) >= 11 is 0. The van der Waals surface area contributed by atoms with Crippen molar-refractivity contribution in [2.75, 3.05) is 31.6 Å². The molecule has 0 spiro atoms. The number of aryl methyl sites for hydroxylation is 1. The van der Waals surface area contributed by atoms with Gasteiger partial charge in [0.2, 0.25) is 5.95 Å². The number of carbonyl (C=O) groups excluding carboxylic acids is 3. The summed E-state index contributed by atoms with van der Waals surface area (Å²) in [6, 6.07) is 14.0. The predicted molar refractivity (Wildman–Crippen MR) is 115 cm³/mol. The minimum Gasteiger partial charge on any atom is -0.468 e. The van der Waals surface area contributed by atoms with Crippen LogP contribution in [0.4, 0.5) is 15.5 Å². The third kappa shape index (κ3) is 4.02. The SMILES string of the molecule is COC(=O)CN(C(=O)N1CCNC1=O)c1nc(-c2ccccc2)c2cc(C)ccc2n1. The minimum absolute atomic E-state index is 0.0188. The van der Waals surface area contributed by atoms with Crippen LogP contribution in [0.1, 0.15) is 5.56 Å². The zero-order valence-electron chi connectivity index (χ0n) is 17.2. The van der Waals surface area contributed by atoms with Crippen molar-refractivity contribution in [1.82, 2.24) is 20.2 Å². The molecule has 2 heterocycles. The van der Waals surface area contributed by atoms with Crippen molar-refractivity contribution < 1.29 is 19.1 Å². The predicted octanol–water partition coefficient (Wildman–Crippen LogP) is 2.73. The second-order valence-electron chi connectivity index (χ2n) is 7.09. The Bertz CT molecular complexity index is 1170. The van der Waals surface area contributed by atoms with Crippen LogP contribution in [0.5, 0.6) is 0 Å². The minimum atomic E-state index is -0.689. The van der Waals surface area contributed by atoms with Crippen molar-refractivity contribution >= 4 is 34.9 Å². The van der Waals surface area contributed by atoms with Gasteiger partial charge in [0.15, 0.2) is 0 Å². The molecule has 1 aliphatic rings. The van der Waals surface area contributed by atoms with Gasteiger partial charge >= 0.3 is 18.0 Å². The second-order valence-corrected chi connectivity index (χ2v) is 7.09. The molecule has 158 valence electrons. The number of benzene rings is 2. The molecule has 0 bridgehead atoms. The Balaban J connectivity index is 1.88. The van der Waals surface area contributed by atoms with Crippen LogP contribution in [-0.4, -0.2) is 59.6 Å². The highest BCUT2D eigenvalue weighted by molar-refractivity contribution is 6.05. The van der Waals surface area contributed by atoms with Crippen molar-refractivity contribution in [3.05, 3.63) is 54.1 Å². The molecule has 9 nitrogen and oxygen atoms in total. The van der Waals surface area contributed by atoms with E-state index in [0.29, 0.717) is 17.8 Å². The number of hydrogen-bond acceptors (Lipinski definition) is 6. The first kappa shape index (κ1) is 20.3. The number of hydrogen-bond donors (Lipinski definition) is 1. The molecule has 2 aromatic carbocycles. The van der Waals surface area contributed by atoms with E-state index in [1.165, 1.54) is 7.11 Å². The van der Waals surface area contributed by atoms with Crippen LogP contribution in [0.15, 0.2) is 48.5 Å². The van der Waals surface area contributed by atoms with E-state index in [4.69, 9.17) is 4.74 Å². The highest BCUT2D eigenvalue weighted by Crippen LogP contribution is 2.29. The average Bonchev–Trinajstić information content (AvgIpc) is 3.22. The van der Waals surface area contributed by atoms with Crippen molar-refractivity contribution in [3.63, 3.8) is 0 Å². The molecule has 3 aromatic rings. The summed E-state index contributed by atoms with van der Waals surface area (Å²) in [4.78, 5) is 48.5. The molecule has 9 heteroatoms. The first-order chi connectivity index (χ1) is 15.0. The van der Waals surface area contributed by atoms with E-state index in [1.54, 1.807) is 0 Å². The highest BCUT2D eigenvalue weighted by Gasteiger charge is 2.34. The quantitative estimate of drug-likeness (QED) is 0.652. The molecule has 1 aliphatic heterocycles. The first-order valence-electron chi connectivity index (χ1n) is 9.75. The van der Waals surface area contributed by atoms with Crippen LogP contribution in [0.25, 0.3) is 22.2 Å². The maximum Gasteiger partial charge on any atom is 0.335 e. The van der Waals surface area contributed by atoms with E-state index in [-0.39, 0.29) is 12.5 Å². The Labute approximate surface area is 178 Å². The molecule has 1 saturated heterocycles. The number of aromatic nitrogens is 2. The van der Waals surface area contributed by atoms with Gasteiger partial charge in [-0.3, -0.25) is 9.69 Å². The maximum atomic E-state index is 13.1. The third-order valence-corrected chi connectivity index (χ3v) is 4.96. The molecule has 0 radical (unpaired) electrons. The molecular formula is C22H21N5O4. The van der Waals surface area contributed by atoms with Crippen molar-refractivity contribution in [1.29, 1.82) is 0 Å². The van der Waals surface area contributed by atoms with Crippen molar-refractivity contribution in [2.45, 2.75) is 6.92 Å². The zero-order chi connectivity index (χ0) is 22.0. The monoisotopic (exact) mass is 419 g/mol. The third-order valence-electron chi connectivity index (χ3n) is 4.96. The van der Waals surface area contributed by atoms with E-state index in [9.17, 15) is 14.4 Å². The molecule has 0 saturated carbocycles. The first-order valence-corrected chi connectivity index (χ1v) is 9.75. The van der Waals surface area contributed by atoms with Gasteiger partial charge in [0.25, 0.3) is 0 Å². The summed E-state index contributed by atoms with van der Waals surface area (Å²) in [6.07, 6.45) is 0. The lowest BCUT2D eigenvalue weighted by atomic mass is 10.0. The molecule has 1 aromatic heterocycles. The molecule has 0 unspecified atom stereocenters. The summed E-state index contributed by atoms with van der Waals surface area (Å²) < 4.78 is 4.75. The summed E-state index contributed by atoms with van der Waals surface area (Å²) in [6.45, 7) is 2.07. The average molecular weight is 419 g/mol. The van der Waals surface area contributed by atoms with Gasteiger partial charge in [0.05, 0.1) is 18.3 Å². The number of urea groups is 2. The Morgan fingerprint density at radius 3 is 2.61 bits per heavy atom. The summed E-state index contributed by atoms with van der Waals surface area (Å²) in [5.74, 6) is -0.632. The van der Waals surface area contributed by atoms with E-state index in [0.717, 1.165) is 26.3 Å². The Morgan fingerprint density at radius 2 is 1.94 bits per heavy atom. The van der Waals surface area contributed by atoms with E-state index >= 15 is 0 Å². The van der Waals surface area contributed by atoms with Gasteiger partial charge in [-0.15, -0.1) is 0 Å². The number of nitrogens with zero attached hydrogens (tertiary/aromatic N) is 4. The normalized spacial score (nSPS) is 13.2. The number of fused-ring (bicyclic) bond motifs is 1. The molecule has 4 rings (SSSR count). The van der Waals surface area contributed by atoms with Gasteiger partial charge in [-0.25, -0.2) is 24.5 Å². The lowest BCUT2D eigenvalue weighted by molar-refractivity contribution is -0.138. The molecule has 0 aliphatic carbocycles. The van der Waals surface area contributed by atoms with Gasteiger partial charge in [-0.2, -0.15) is 0 Å². The molecule has 1 N–H and O–H groups in total. The second kappa shape index (κ2) is 8.39. The number of nitrogens with one attached hydrogen (secondary N) is 1. The molecule has 1 fully saturated rings. The number of amides is 4. The number of esters is 1. The van der Waals surface area contributed by atoms with Crippen LogP contribution < -0.4 is 10.2 Å². The van der Waals surface area contributed by atoms with E-state index in [2.05, 4.69) is 15.3 Å². The Hall–Kier alpha value is -4.01. The fourth-order valence-electron chi connectivity index (χ4n) is 3.38. The van der Waals surface area contributed by atoms with Crippen molar-refractivity contribution in [3.8, 4) is 11.3 Å². The van der Waals surface area contributed by atoms with Gasteiger partial charge in [0, 0.05) is 24.0 Å². The van der Waals surface area contributed by atoms with E-state index < -0.39 is 24.6 Å². The maximum absolute atomic E-state index is 13.1. The number of ether oxygens (including phenoxy) is 1. The smallest absolute Gasteiger partial charge is 0.335 e. The zero-order valence-corrected chi connectivity index (χ0v) is 17.2. The van der Waals surface area contributed by atoms with Crippen LogP contribution in [-0.2, 0) is 9.53 Å². The number of methoxy groups -OCH3 is 1. The summed E-state index contributed by atoms with van der Waals surface area (Å²) in [7, 11) is 1.23. The lowest BCUT2D eigenvalue weighted by Gasteiger charge is -2.24. The van der Waals surface area contributed by atoms with Crippen molar-refractivity contribution in [2.24, 2.45) is 0 Å². The summed E-state index contributed by atoms with van der Waals surface area (Å²) in [5.41, 5.74) is 3.12. The summed E-state index contributed by atoms with van der Waals surface area (Å²) in [5, 5.41) is 3.40. The largest absolute Gasteiger partial charge is 0.468 e. The Kier molecular flexibility index (Phi) is 5.48. The van der Waals surface area contributed by atoms with Gasteiger partial charge in [-0.1, -0.05) is 42.0 Å². The topological polar surface area (TPSA) is 105 Å². The highest BCUT2D eigenvalue weighted by atomic mass is 16.5. The molecule has 4 amide bonds. The van der Waals surface area contributed by atoms with Crippen LogP contribution in [0.3, 0.4) is 0 Å². The fraction of sp³-hybridized carbons (Fsp3) is 0.227. The standard InChI is InChI=1S/C22H21N5O4/c1-14-8-9-17-16(12-14)19(15-6-4-3-5-7-15)25-20(24-17)27(13-18(28)31-2)22(30)26-11-10-23-21(26)29/h3-9,12H,10-11,13H2,1-2H3,(H,23,29). The lowest BCUT2D eigenvalue weighted by Crippen LogP contribution is -2.47. The fourth-order valence-corrected chi connectivity index (χ4v) is 3.38. The van der Waals surface area contributed by atoms with Gasteiger partial charge in [-0.05, 0) is 19.1 Å². The molecule has 31 heavy (non-hydrogen) atoms. The van der Waals surface area contributed by atoms with Gasteiger partial charge in [0.1, 0.15) is 6.54 Å². The number of anilines is 1. The van der Waals surface area contributed by atoms with Crippen LogP contribution >= 0.6 is 0 Å². The number of rotatable bonds is 4. The Morgan fingerprint density at radius 1 is 1.16 bits per heavy atom. The molecular weight excluding hydrogens is 398 g/mol.